The predicted molar refractivity (Wildman–Crippen MR) is 64.9 cm³/mol. The highest BCUT2D eigenvalue weighted by Crippen LogP contribution is 2.39. The predicted octanol–water partition coefficient (Wildman–Crippen LogP) is 1.62. The molecule has 1 aliphatic heterocycles. The fourth-order valence-corrected chi connectivity index (χ4v) is 2.86. The van der Waals surface area contributed by atoms with Crippen LogP contribution in [0.15, 0.2) is 0 Å². The first-order valence-corrected chi connectivity index (χ1v) is 6.95. The second kappa shape index (κ2) is 5.89. The van der Waals surface area contributed by atoms with E-state index in [-0.39, 0.29) is 31.9 Å². The van der Waals surface area contributed by atoms with Crippen molar-refractivity contribution in [2.24, 2.45) is 11.8 Å². The fraction of sp³-hybridized carbons (Fsp3) is 0.923. The molecule has 1 saturated carbocycles. The van der Waals surface area contributed by atoms with Crippen LogP contribution in [0.4, 0.5) is 13.2 Å². The SMILES string of the molecule is O=C(NCC1(O)CCOC1)C1CCCC(C(F)(F)F)C1. The van der Waals surface area contributed by atoms with Crippen molar-refractivity contribution in [1.29, 1.82) is 0 Å². The minimum Gasteiger partial charge on any atom is -0.386 e. The third kappa shape index (κ3) is 3.85. The van der Waals surface area contributed by atoms with E-state index < -0.39 is 23.6 Å². The standard InChI is InChI=1S/C13H20F3NO3/c14-13(15,16)10-3-1-2-9(6-10)11(18)17-7-12(19)4-5-20-8-12/h9-10,19H,1-8H2,(H,17,18). The first kappa shape index (κ1) is 15.6. The molecule has 1 heterocycles. The van der Waals surface area contributed by atoms with Crippen molar-refractivity contribution in [2.75, 3.05) is 19.8 Å². The van der Waals surface area contributed by atoms with Crippen molar-refractivity contribution in [3.63, 3.8) is 0 Å². The topological polar surface area (TPSA) is 58.6 Å². The van der Waals surface area contributed by atoms with Gasteiger partial charge in [0, 0.05) is 25.5 Å². The highest BCUT2D eigenvalue weighted by molar-refractivity contribution is 5.78. The van der Waals surface area contributed by atoms with Gasteiger partial charge in [-0.15, -0.1) is 0 Å². The minimum atomic E-state index is -4.23. The van der Waals surface area contributed by atoms with E-state index in [2.05, 4.69) is 5.32 Å². The lowest BCUT2D eigenvalue weighted by Gasteiger charge is -2.30. The van der Waals surface area contributed by atoms with Crippen LogP contribution in [0.5, 0.6) is 0 Å². The maximum Gasteiger partial charge on any atom is 0.391 e. The quantitative estimate of drug-likeness (QED) is 0.832. The molecule has 4 nitrogen and oxygen atoms in total. The van der Waals surface area contributed by atoms with Crippen LogP contribution in [0.1, 0.15) is 32.1 Å². The molecule has 2 aliphatic rings. The molecule has 0 radical (unpaired) electrons. The maximum absolute atomic E-state index is 12.7. The first-order valence-electron chi connectivity index (χ1n) is 6.95. The zero-order chi connectivity index (χ0) is 14.8. The van der Waals surface area contributed by atoms with Crippen LogP contribution in [-0.2, 0) is 9.53 Å². The summed E-state index contributed by atoms with van der Waals surface area (Å²) in [5, 5.41) is 12.6. The lowest BCUT2D eigenvalue weighted by molar-refractivity contribution is -0.186. The van der Waals surface area contributed by atoms with E-state index in [1.807, 2.05) is 0 Å². The average Bonchev–Trinajstić information content (AvgIpc) is 2.83. The van der Waals surface area contributed by atoms with Crippen molar-refractivity contribution in [3.05, 3.63) is 0 Å². The number of ether oxygens (including phenoxy) is 1. The number of hydrogen-bond acceptors (Lipinski definition) is 3. The summed E-state index contributed by atoms with van der Waals surface area (Å²) < 4.78 is 43.1. The van der Waals surface area contributed by atoms with Crippen molar-refractivity contribution >= 4 is 5.91 Å². The van der Waals surface area contributed by atoms with Gasteiger partial charge in [-0.25, -0.2) is 0 Å². The molecule has 1 amide bonds. The number of alkyl halides is 3. The van der Waals surface area contributed by atoms with Crippen molar-refractivity contribution < 1.29 is 27.8 Å². The van der Waals surface area contributed by atoms with E-state index in [0.29, 0.717) is 25.9 Å². The summed E-state index contributed by atoms with van der Waals surface area (Å²) in [6.45, 7) is 0.633. The summed E-state index contributed by atoms with van der Waals surface area (Å²) in [6.07, 6.45) is -2.95. The second-order valence-electron chi connectivity index (χ2n) is 5.85. The molecule has 0 bridgehead atoms. The van der Waals surface area contributed by atoms with Crippen LogP contribution in [0.3, 0.4) is 0 Å². The van der Waals surface area contributed by atoms with E-state index in [1.165, 1.54) is 0 Å². The van der Waals surface area contributed by atoms with Gasteiger partial charge in [-0.3, -0.25) is 4.79 Å². The van der Waals surface area contributed by atoms with Crippen LogP contribution < -0.4 is 5.32 Å². The third-order valence-electron chi connectivity index (χ3n) is 4.18. The van der Waals surface area contributed by atoms with Gasteiger partial charge in [0.05, 0.1) is 12.5 Å². The Morgan fingerprint density at radius 1 is 1.40 bits per heavy atom. The fourth-order valence-electron chi connectivity index (χ4n) is 2.86. The zero-order valence-electron chi connectivity index (χ0n) is 11.2. The number of hydrogen-bond donors (Lipinski definition) is 2. The van der Waals surface area contributed by atoms with E-state index in [4.69, 9.17) is 4.74 Å². The van der Waals surface area contributed by atoms with Crippen LogP contribution in [0.25, 0.3) is 0 Å². The van der Waals surface area contributed by atoms with Gasteiger partial charge in [0.1, 0.15) is 5.60 Å². The van der Waals surface area contributed by atoms with E-state index in [0.717, 1.165) is 0 Å². The monoisotopic (exact) mass is 295 g/mol. The molecule has 2 N–H and O–H groups in total. The second-order valence-corrected chi connectivity index (χ2v) is 5.85. The molecule has 0 spiro atoms. The molecule has 0 aromatic rings. The molecular formula is C13H20F3NO3. The number of halogens is 3. The summed E-state index contributed by atoms with van der Waals surface area (Å²) in [7, 11) is 0. The Labute approximate surface area is 115 Å². The normalized spacial score (nSPS) is 35.0. The summed E-state index contributed by atoms with van der Waals surface area (Å²) in [6, 6.07) is 0. The number of rotatable bonds is 3. The molecule has 2 fully saturated rings. The number of carbonyl (C=O) groups excluding carboxylic acids is 1. The highest BCUT2D eigenvalue weighted by atomic mass is 19.4. The Bertz CT molecular complexity index is 353. The van der Waals surface area contributed by atoms with Gasteiger partial charge in [-0.1, -0.05) is 6.42 Å². The van der Waals surface area contributed by atoms with Crippen LogP contribution in [0.2, 0.25) is 0 Å². The molecule has 0 aromatic heterocycles. The highest BCUT2D eigenvalue weighted by Gasteiger charge is 2.43. The Morgan fingerprint density at radius 3 is 2.75 bits per heavy atom. The van der Waals surface area contributed by atoms with E-state index in [1.54, 1.807) is 0 Å². The first-order chi connectivity index (χ1) is 9.30. The third-order valence-corrected chi connectivity index (χ3v) is 4.18. The number of aliphatic hydroxyl groups is 1. The van der Waals surface area contributed by atoms with Gasteiger partial charge in [-0.2, -0.15) is 13.2 Å². The molecule has 3 atom stereocenters. The Hall–Kier alpha value is -0.820. The summed E-state index contributed by atoms with van der Waals surface area (Å²) >= 11 is 0. The molecule has 3 unspecified atom stereocenters. The van der Waals surface area contributed by atoms with E-state index in [9.17, 15) is 23.1 Å². The van der Waals surface area contributed by atoms with Gasteiger partial charge < -0.3 is 15.2 Å². The van der Waals surface area contributed by atoms with Crippen LogP contribution in [-0.4, -0.2) is 42.5 Å². The van der Waals surface area contributed by atoms with Crippen LogP contribution >= 0.6 is 0 Å². The Kier molecular flexibility index (Phi) is 4.59. The van der Waals surface area contributed by atoms with Crippen molar-refractivity contribution in [3.8, 4) is 0 Å². The molecule has 1 aliphatic carbocycles. The van der Waals surface area contributed by atoms with Gasteiger partial charge in [-0.05, 0) is 19.3 Å². The average molecular weight is 295 g/mol. The molecule has 0 aromatic carbocycles. The van der Waals surface area contributed by atoms with E-state index >= 15 is 0 Å². The summed E-state index contributed by atoms with van der Waals surface area (Å²) in [5.41, 5.74) is -1.08. The van der Waals surface area contributed by atoms with Crippen LogP contribution in [0, 0.1) is 11.8 Å². The van der Waals surface area contributed by atoms with Gasteiger partial charge in [0.2, 0.25) is 5.91 Å². The minimum absolute atomic E-state index is 0.0407. The molecule has 20 heavy (non-hydrogen) atoms. The number of carbonyl (C=O) groups is 1. The largest absolute Gasteiger partial charge is 0.391 e. The van der Waals surface area contributed by atoms with Gasteiger partial charge >= 0.3 is 6.18 Å². The summed E-state index contributed by atoms with van der Waals surface area (Å²) in [4.78, 5) is 11.9. The maximum atomic E-state index is 12.7. The molecule has 1 saturated heterocycles. The Balaban J connectivity index is 1.83. The number of nitrogens with one attached hydrogen (secondary N) is 1. The van der Waals surface area contributed by atoms with Gasteiger partial charge in [0.25, 0.3) is 0 Å². The smallest absolute Gasteiger partial charge is 0.386 e. The lowest BCUT2D eigenvalue weighted by Crippen LogP contribution is -2.46. The molecule has 7 heteroatoms. The molecular weight excluding hydrogens is 275 g/mol. The lowest BCUT2D eigenvalue weighted by atomic mass is 9.80. The Morgan fingerprint density at radius 2 is 2.15 bits per heavy atom. The number of amides is 1. The van der Waals surface area contributed by atoms with Crippen molar-refractivity contribution in [2.45, 2.75) is 43.9 Å². The summed E-state index contributed by atoms with van der Waals surface area (Å²) in [5.74, 6) is -2.38. The zero-order valence-corrected chi connectivity index (χ0v) is 11.2. The van der Waals surface area contributed by atoms with Gasteiger partial charge in [0.15, 0.2) is 0 Å². The van der Waals surface area contributed by atoms with Crippen molar-refractivity contribution in [1.82, 2.24) is 5.32 Å². The molecule has 116 valence electrons. The molecule has 2 rings (SSSR count).